The minimum absolute atomic E-state index is 0.0255. The lowest BCUT2D eigenvalue weighted by Crippen LogP contribution is -2.17. The van der Waals surface area contributed by atoms with Gasteiger partial charge in [0.25, 0.3) is 0 Å². The Morgan fingerprint density at radius 2 is 1.52 bits per heavy atom. The van der Waals surface area contributed by atoms with Gasteiger partial charge < -0.3 is 35.3 Å². The van der Waals surface area contributed by atoms with Crippen molar-refractivity contribution in [1.29, 1.82) is 0 Å². The zero-order valence-electron chi connectivity index (χ0n) is 23.7. The smallest absolute Gasteiger partial charge is 0.420 e. The zero-order valence-corrected chi connectivity index (χ0v) is 24.5. The van der Waals surface area contributed by atoms with E-state index in [4.69, 9.17) is 32.9 Å². The van der Waals surface area contributed by atoms with Crippen LogP contribution in [0.15, 0.2) is 12.1 Å². The summed E-state index contributed by atoms with van der Waals surface area (Å²) in [7, 11) is 4.68. The molecule has 0 aliphatic heterocycles. The summed E-state index contributed by atoms with van der Waals surface area (Å²) in [5.41, 5.74) is 10.7. The van der Waals surface area contributed by atoms with Crippen LogP contribution in [0.25, 0.3) is 22.1 Å². The molecule has 5 N–H and O–H groups in total. The highest BCUT2D eigenvalue weighted by Crippen LogP contribution is 2.44. The number of hydrogen-bond acceptors (Lipinski definition) is 7. The molecule has 4 rings (SSSR count). The minimum atomic E-state index is -4.58. The molecule has 9 nitrogen and oxygen atoms in total. The van der Waals surface area contributed by atoms with Crippen molar-refractivity contribution < 1.29 is 36.2 Å². The van der Waals surface area contributed by atoms with Crippen LogP contribution in [0.2, 0.25) is 5.02 Å². The van der Waals surface area contributed by atoms with Crippen LogP contribution in [0.3, 0.4) is 0 Å². The number of nitrogen functional groups attached to an aromatic ring is 2. The quantitative estimate of drug-likeness (QED) is 0.174. The van der Waals surface area contributed by atoms with Gasteiger partial charge in [-0.05, 0) is 32.9 Å². The van der Waals surface area contributed by atoms with Crippen molar-refractivity contribution in [2.45, 2.75) is 52.1 Å². The maximum Gasteiger partial charge on any atom is 0.420 e. The summed E-state index contributed by atoms with van der Waals surface area (Å²) in [6, 6.07) is 1.85. The van der Waals surface area contributed by atoms with Gasteiger partial charge in [-0.15, -0.1) is 0 Å². The average molecular weight is 624 g/mol. The summed E-state index contributed by atoms with van der Waals surface area (Å²) in [5, 5.41) is 8.55. The van der Waals surface area contributed by atoms with Crippen molar-refractivity contribution >= 4 is 51.0 Å². The normalized spacial score (nSPS) is 12.3. The molecule has 0 amide bonds. The molecule has 0 aliphatic carbocycles. The number of halogens is 7. The molecule has 4 aromatic rings. The number of fused-ring (bicyclic) bond motifs is 2. The van der Waals surface area contributed by atoms with Crippen LogP contribution < -0.4 is 21.1 Å². The average Bonchev–Trinajstić information content (AvgIpc) is 3.44. The zero-order chi connectivity index (χ0) is 31.9. The number of alkyl halides is 6. The van der Waals surface area contributed by atoms with Gasteiger partial charge in [-0.3, -0.25) is 0 Å². The molecular formula is C26H32ClF6N7O2. The Morgan fingerprint density at radius 1 is 0.976 bits per heavy atom. The molecule has 16 heteroatoms. The summed E-state index contributed by atoms with van der Waals surface area (Å²) in [4.78, 5) is 10.1. The fraction of sp³-hybridized carbons (Fsp3) is 0.462. The van der Waals surface area contributed by atoms with E-state index < -0.39 is 34.3 Å². The second-order valence-corrected chi connectivity index (χ2v) is 10.1. The molecule has 2 heterocycles. The van der Waals surface area contributed by atoms with Crippen molar-refractivity contribution in [3.05, 3.63) is 34.1 Å². The fourth-order valence-corrected chi connectivity index (χ4v) is 4.94. The molecule has 0 atom stereocenters. The van der Waals surface area contributed by atoms with Crippen molar-refractivity contribution in [1.82, 2.24) is 19.1 Å². The number of ether oxygens (including phenoxy) is 1. The van der Waals surface area contributed by atoms with E-state index in [-0.39, 0.29) is 41.5 Å². The summed E-state index contributed by atoms with van der Waals surface area (Å²) in [6.07, 6.45) is -8.91. The molecule has 2 aromatic heterocycles. The summed E-state index contributed by atoms with van der Waals surface area (Å²) >= 11 is 5.82. The lowest BCUT2D eigenvalue weighted by Gasteiger charge is -2.19. The number of aliphatic hydroxyl groups is 1. The molecule has 2 aromatic carbocycles. The molecule has 0 saturated carbocycles. The molecule has 232 valence electrons. The van der Waals surface area contributed by atoms with Crippen LogP contribution in [0.5, 0.6) is 5.75 Å². The van der Waals surface area contributed by atoms with Crippen LogP contribution in [-0.4, -0.2) is 52.0 Å². The van der Waals surface area contributed by atoms with Gasteiger partial charge in [0.15, 0.2) is 5.75 Å². The maximum absolute atomic E-state index is 13.1. The van der Waals surface area contributed by atoms with Gasteiger partial charge >= 0.3 is 12.4 Å². The van der Waals surface area contributed by atoms with Crippen molar-refractivity contribution in [3.63, 3.8) is 0 Å². The highest BCUT2D eigenvalue weighted by Gasteiger charge is 2.37. The lowest BCUT2D eigenvalue weighted by atomic mass is 10.1. The third kappa shape index (κ3) is 5.98. The van der Waals surface area contributed by atoms with Crippen LogP contribution in [-0.2, 0) is 25.3 Å². The number of nitrogens with two attached hydrogens (primary N) is 2. The second kappa shape index (κ2) is 12.0. The topological polar surface area (TPSA) is 120 Å². The largest absolute Gasteiger partial charge is 0.494 e. The van der Waals surface area contributed by atoms with Gasteiger partial charge in [0.05, 0.1) is 52.1 Å². The first-order chi connectivity index (χ1) is 19.4. The number of aryl methyl sites for hydroxylation is 1. The molecule has 0 aliphatic rings. The number of hydrogen-bond donors (Lipinski definition) is 3. The lowest BCUT2D eigenvalue weighted by molar-refractivity contribution is -0.139. The molecule has 0 bridgehead atoms. The van der Waals surface area contributed by atoms with Crippen LogP contribution >= 0.6 is 11.6 Å². The van der Waals surface area contributed by atoms with E-state index in [1.165, 1.54) is 0 Å². The van der Waals surface area contributed by atoms with E-state index in [1.54, 1.807) is 28.1 Å². The molecule has 0 unspecified atom stereocenters. The van der Waals surface area contributed by atoms with Gasteiger partial charge in [0.1, 0.15) is 17.1 Å². The number of benzene rings is 2. The first-order valence-corrected chi connectivity index (χ1v) is 13.1. The number of methoxy groups -OCH3 is 1. The number of anilines is 3. The monoisotopic (exact) mass is 623 g/mol. The van der Waals surface area contributed by atoms with Gasteiger partial charge in [-0.1, -0.05) is 11.6 Å². The molecule has 0 fully saturated rings. The maximum atomic E-state index is 13.1. The van der Waals surface area contributed by atoms with Gasteiger partial charge in [0, 0.05) is 33.1 Å². The van der Waals surface area contributed by atoms with Gasteiger partial charge in [-0.25, -0.2) is 9.97 Å². The molecular weight excluding hydrogens is 592 g/mol. The first-order valence-electron chi connectivity index (χ1n) is 12.7. The second-order valence-electron chi connectivity index (χ2n) is 9.77. The van der Waals surface area contributed by atoms with E-state index in [2.05, 4.69) is 9.97 Å². The first kappa shape index (κ1) is 32.9. The third-order valence-corrected chi connectivity index (χ3v) is 6.82. The van der Waals surface area contributed by atoms with Gasteiger partial charge in [0.2, 0.25) is 5.95 Å². The van der Waals surface area contributed by atoms with Crippen molar-refractivity contribution in [3.8, 4) is 5.75 Å². The Balaban J connectivity index is 0.000000230. The molecule has 42 heavy (non-hydrogen) atoms. The van der Waals surface area contributed by atoms with Crippen LogP contribution in [0.4, 0.5) is 43.7 Å². The summed E-state index contributed by atoms with van der Waals surface area (Å²) < 4.78 is 86.5. The van der Waals surface area contributed by atoms with E-state index in [0.717, 1.165) is 19.2 Å². The molecule has 0 radical (unpaired) electrons. The standard InChI is InChI=1S/C13H16ClF3N4.C13H16F3N3O2/c1-6(2)21-11-8(19-12(21)20(3)4)5-7(13(15,16)17)9(14)10(11)18;1-3-19-9(4-5-20)18-8-6-7(13(14,15)16)12(21-2)10(17)11(8)19/h5-6H,18H2,1-4H3;6,20H,3-5,17H2,1-2H3. The van der Waals surface area contributed by atoms with Crippen molar-refractivity contribution in [2.24, 2.45) is 0 Å². The Labute approximate surface area is 242 Å². The molecule has 0 saturated heterocycles. The number of imidazole rings is 2. The predicted molar refractivity (Wildman–Crippen MR) is 151 cm³/mol. The van der Waals surface area contributed by atoms with E-state index in [9.17, 15) is 26.3 Å². The summed E-state index contributed by atoms with van der Waals surface area (Å²) in [6.45, 7) is 5.96. The van der Waals surface area contributed by atoms with Crippen LogP contribution in [0.1, 0.15) is 43.8 Å². The molecule has 0 spiro atoms. The fourth-order valence-electron chi connectivity index (χ4n) is 4.69. The SMILES string of the molecule is CC(C)n1c(N(C)C)nc2cc(C(F)(F)F)c(Cl)c(N)c21.CCn1c(CCO)nc2cc(C(F)(F)F)c(OC)c(N)c21. The highest BCUT2D eigenvalue weighted by molar-refractivity contribution is 6.35. The number of aliphatic hydroxyl groups excluding tert-OH is 1. The number of aromatic nitrogens is 4. The van der Waals surface area contributed by atoms with Crippen molar-refractivity contribution in [2.75, 3.05) is 44.2 Å². The van der Waals surface area contributed by atoms with E-state index in [1.807, 2.05) is 20.8 Å². The highest BCUT2D eigenvalue weighted by atomic mass is 35.5. The van der Waals surface area contributed by atoms with E-state index >= 15 is 0 Å². The number of nitrogens with zero attached hydrogens (tertiary/aromatic N) is 5. The Kier molecular flexibility index (Phi) is 9.37. The number of rotatable bonds is 6. The van der Waals surface area contributed by atoms with Crippen LogP contribution in [0, 0.1) is 0 Å². The predicted octanol–water partition coefficient (Wildman–Crippen LogP) is 6.14. The Hall–Kier alpha value is -3.59. The third-order valence-electron chi connectivity index (χ3n) is 6.41. The Morgan fingerprint density at radius 3 is 1.98 bits per heavy atom. The summed E-state index contributed by atoms with van der Waals surface area (Å²) in [5.74, 6) is 0.616. The minimum Gasteiger partial charge on any atom is -0.494 e. The van der Waals surface area contributed by atoms with E-state index in [0.29, 0.717) is 29.4 Å². The van der Waals surface area contributed by atoms with Gasteiger partial charge in [-0.2, -0.15) is 26.3 Å². The Bertz CT molecular complexity index is 1590.